The molecule has 29 heavy (non-hydrogen) atoms. The molecular weight excluding hydrogens is 372 g/mol. The predicted octanol–water partition coefficient (Wildman–Crippen LogP) is 3.87. The largest absolute Gasteiger partial charge is 0.449 e. The number of carbonyl (C=O) groups is 1. The molecule has 0 fully saturated rings. The second kappa shape index (κ2) is 11.1. The zero-order valence-electron chi connectivity index (χ0n) is 16.1. The minimum atomic E-state index is -0.457. The summed E-state index contributed by atoms with van der Waals surface area (Å²) in [7, 11) is 0. The summed E-state index contributed by atoms with van der Waals surface area (Å²) in [5, 5.41) is 6.05. The lowest BCUT2D eigenvalue weighted by atomic mass is 9.98. The first kappa shape index (κ1) is 20.7. The molecule has 1 aliphatic rings. The molecular formula is C21H24N4O4. The van der Waals surface area contributed by atoms with E-state index in [9.17, 15) is 4.79 Å². The number of carbonyl (C=O) groups excluding carboxylic acids is 1. The average Bonchev–Trinajstić information content (AvgIpc) is 3.07. The first-order chi connectivity index (χ1) is 14.3. The van der Waals surface area contributed by atoms with Crippen LogP contribution >= 0.6 is 0 Å². The average molecular weight is 396 g/mol. The van der Waals surface area contributed by atoms with Gasteiger partial charge in [-0.2, -0.15) is 0 Å². The van der Waals surface area contributed by atoms with Crippen LogP contribution in [0.25, 0.3) is 21.6 Å². The molecule has 1 N–H and O–H groups in total. The van der Waals surface area contributed by atoms with Crippen molar-refractivity contribution < 1.29 is 19.0 Å². The van der Waals surface area contributed by atoms with Gasteiger partial charge in [-0.05, 0) is 27.8 Å². The van der Waals surface area contributed by atoms with E-state index in [0.717, 1.165) is 0 Å². The third kappa shape index (κ3) is 5.71. The highest BCUT2D eigenvalue weighted by Crippen LogP contribution is 2.44. The van der Waals surface area contributed by atoms with Crippen LogP contribution in [0.4, 0.5) is 4.79 Å². The Kier molecular flexibility index (Phi) is 7.89. The molecule has 1 amide bonds. The Labute approximate surface area is 169 Å². The number of ether oxygens (including phenoxy) is 3. The first-order valence-electron chi connectivity index (χ1n) is 9.56. The highest BCUT2D eigenvalue weighted by molar-refractivity contribution is 5.79. The molecule has 0 unspecified atom stereocenters. The Hall–Kier alpha value is -3.06. The van der Waals surface area contributed by atoms with Gasteiger partial charge in [-0.15, -0.1) is 0 Å². The van der Waals surface area contributed by atoms with Gasteiger partial charge in [0, 0.05) is 23.9 Å². The Morgan fingerprint density at radius 2 is 1.59 bits per heavy atom. The van der Waals surface area contributed by atoms with Crippen molar-refractivity contribution in [3.8, 4) is 11.1 Å². The summed E-state index contributed by atoms with van der Waals surface area (Å²) in [5.74, 6) is 0.0481. The summed E-state index contributed by atoms with van der Waals surface area (Å²) >= 11 is 0. The maximum atomic E-state index is 12.0. The van der Waals surface area contributed by atoms with Crippen molar-refractivity contribution in [1.29, 1.82) is 0 Å². The van der Waals surface area contributed by atoms with Crippen LogP contribution in [0, 0.1) is 0 Å². The fraction of sp³-hybridized carbons (Fsp3) is 0.381. The second-order valence-corrected chi connectivity index (χ2v) is 6.43. The van der Waals surface area contributed by atoms with Crippen molar-refractivity contribution in [3.05, 3.63) is 70.1 Å². The zero-order chi connectivity index (χ0) is 20.3. The Morgan fingerprint density at radius 3 is 2.24 bits per heavy atom. The maximum Gasteiger partial charge on any atom is 0.407 e. The summed E-state index contributed by atoms with van der Waals surface area (Å²) in [6.45, 7) is 2.50. The molecule has 8 heteroatoms. The van der Waals surface area contributed by atoms with Crippen LogP contribution in [0.1, 0.15) is 17.0 Å². The van der Waals surface area contributed by atoms with Crippen molar-refractivity contribution in [2.24, 2.45) is 5.11 Å². The van der Waals surface area contributed by atoms with Crippen molar-refractivity contribution in [2.75, 3.05) is 46.1 Å². The molecule has 0 radical (unpaired) electrons. The molecule has 0 aliphatic heterocycles. The summed E-state index contributed by atoms with van der Waals surface area (Å²) in [4.78, 5) is 14.6. The molecule has 2 aromatic rings. The number of azide groups is 1. The van der Waals surface area contributed by atoms with Crippen LogP contribution in [-0.4, -0.2) is 52.2 Å². The number of hydrogen-bond acceptors (Lipinski definition) is 5. The van der Waals surface area contributed by atoms with Crippen LogP contribution in [0.2, 0.25) is 0 Å². The lowest BCUT2D eigenvalue weighted by Gasteiger charge is -2.14. The van der Waals surface area contributed by atoms with Gasteiger partial charge in [0.1, 0.15) is 6.61 Å². The van der Waals surface area contributed by atoms with E-state index in [2.05, 4.69) is 39.6 Å². The fourth-order valence-electron chi connectivity index (χ4n) is 3.35. The number of benzene rings is 2. The topological polar surface area (TPSA) is 106 Å². The van der Waals surface area contributed by atoms with Gasteiger partial charge in [0.05, 0.1) is 26.4 Å². The van der Waals surface area contributed by atoms with E-state index >= 15 is 0 Å². The molecule has 8 nitrogen and oxygen atoms in total. The van der Waals surface area contributed by atoms with E-state index in [0.29, 0.717) is 46.1 Å². The zero-order valence-corrected chi connectivity index (χ0v) is 16.1. The summed E-state index contributed by atoms with van der Waals surface area (Å²) in [5.41, 5.74) is 12.9. The fourth-order valence-corrected chi connectivity index (χ4v) is 3.35. The molecule has 2 aromatic carbocycles. The van der Waals surface area contributed by atoms with E-state index in [4.69, 9.17) is 19.7 Å². The van der Waals surface area contributed by atoms with E-state index in [-0.39, 0.29) is 5.92 Å². The van der Waals surface area contributed by atoms with Crippen LogP contribution in [0.3, 0.4) is 0 Å². The van der Waals surface area contributed by atoms with E-state index < -0.39 is 6.09 Å². The lowest BCUT2D eigenvalue weighted by Crippen LogP contribution is -2.29. The molecule has 0 saturated carbocycles. The minimum Gasteiger partial charge on any atom is -0.449 e. The summed E-state index contributed by atoms with van der Waals surface area (Å²) in [6.07, 6.45) is -0.457. The molecule has 0 saturated heterocycles. The second-order valence-electron chi connectivity index (χ2n) is 6.43. The molecule has 152 valence electrons. The molecule has 3 rings (SSSR count). The van der Waals surface area contributed by atoms with Crippen LogP contribution in [0.15, 0.2) is 53.6 Å². The van der Waals surface area contributed by atoms with Gasteiger partial charge in [0.15, 0.2) is 0 Å². The monoisotopic (exact) mass is 396 g/mol. The summed E-state index contributed by atoms with van der Waals surface area (Å²) < 4.78 is 16.0. The number of fused-ring (bicyclic) bond motifs is 3. The molecule has 0 aromatic heterocycles. The smallest absolute Gasteiger partial charge is 0.407 e. The molecule has 1 aliphatic carbocycles. The Bertz CT molecular complexity index is 822. The molecule has 0 spiro atoms. The van der Waals surface area contributed by atoms with Crippen LogP contribution < -0.4 is 5.32 Å². The lowest BCUT2D eigenvalue weighted by molar-refractivity contribution is 0.0512. The van der Waals surface area contributed by atoms with E-state index in [1.165, 1.54) is 22.3 Å². The highest BCUT2D eigenvalue weighted by atomic mass is 16.5. The Morgan fingerprint density at radius 1 is 0.966 bits per heavy atom. The molecule has 0 atom stereocenters. The van der Waals surface area contributed by atoms with Crippen molar-refractivity contribution in [3.63, 3.8) is 0 Å². The van der Waals surface area contributed by atoms with Crippen LogP contribution in [-0.2, 0) is 14.2 Å². The minimum absolute atomic E-state index is 0.0481. The Balaban J connectivity index is 1.35. The quantitative estimate of drug-likeness (QED) is 0.269. The van der Waals surface area contributed by atoms with Gasteiger partial charge in [0.2, 0.25) is 0 Å². The van der Waals surface area contributed by atoms with Gasteiger partial charge < -0.3 is 19.5 Å². The third-order valence-electron chi connectivity index (χ3n) is 4.63. The molecule has 0 heterocycles. The summed E-state index contributed by atoms with van der Waals surface area (Å²) in [6, 6.07) is 16.4. The van der Waals surface area contributed by atoms with Gasteiger partial charge in [-0.3, -0.25) is 0 Å². The maximum absolute atomic E-state index is 12.0. The standard InChI is InChI=1S/C21H24N4O4/c22-25-24-10-12-28-14-13-27-11-9-23-21(26)29-15-20-18-7-3-1-5-16(18)17-6-2-4-8-19(17)20/h1-8,20H,9-15H2,(H,23,26). The SMILES string of the molecule is [N-]=[N+]=NCCOCCOCCNC(=O)OCC1c2ccccc2-c2ccccc21. The van der Waals surface area contributed by atoms with Crippen molar-refractivity contribution in [1.82, 2.24) is 5.32 Å². The van der Waals surface area contributed by atoms with Crippen molar-refractivity contribution in [2.45, 2.75) is 5.92 Å². The van der Waals surface area contributed by atoms with Crippen molar-refractivity contribution >= 4 is 6.09 Å². The normalized spacial score (nSPS) is 12.0. The number of amides is 1. The number of rotatable bonds is 11. The van der Waals surface area contributed by atoms with Gasteiger partial charge in [-0.1, -0.05) is 53.6 Å². The number of hydrogen-bond donors (Lipinski definition) is 1. The van der Waals surface area contributed by atoms with Gasteiger partial charge in [0.25, 0.3) is 0 Å². The molecule has 0 bridgehead atoms. The van der Waals surface area contributed by atoms with Gasteiger partial charge >= 0.3 is 6.09 Å². The van der Waals surface area contributed by atoms with E-state index in [1.807, 2.05) is 24.3 Å². The first-order valence-corrected chi connectivity index (χ1v) is 9.56. The number of nitrogens with zero attached hydrogens (tertiary/aromatic N) is 3. The van der Waals surface area contributed by atoms with Gasteiger partial charge in [-0.25, -0.2) is 4.79 Å². The highest BCUT2D eigenvalue weighted by Gasteiger charge is 2.28. The van der Waals surface area contributed by atoms with Crippen LogP contribution in [0.5, 0.6) is 0 Å². The number of alkyl carbamates (subject to hydrolysis) is 1. The predicted molar refractivity (Wildman–Crippen MR) is 109 cm³/mol. The third-order valence-corrected chi connectivity index (χ3v) is 4.63. The van der Waals surface area contributed by atoms with E-state index in [1.54, 1.807) is 0 Å². The number of nitrogens with one attached hydrogen (secondary N) is 1.